The van der Waals surface area contributed by atoms with Gasteiger partial charge in [0.15, 0.2) is 16.8 Å². The van der Waals surface area contributed by atoms with Gasteiger partial charge in [0, 0.05) is 30.8 Å². The molecule has 0 atom stereocenters. The summed E-state index contributed by atoms with van der Waals surface area (Å²) in [4.78, 5) is 38.4. The first-order chi connectivity index (χ1) is 17.3. The molecule has 182 valence electrons. The molecule has 0 bridgehead atoms. The molecule has 1 aliphatic heterocycles. The van der Waals surface area contributed by atoms with Crippen LogP contribution < -0.4 is 16.5 Å². The van der Waals surface area contributed by atoms with Gasteiger partial charge in [0.2, 0.25) is 0 Å². The van der Waals surface area contributed by atoms with Crippen molar-refractivity contribution >= 4 is 34.2 Å². The summed E-state index contributed by atoms with van der Waals surface area (Å²) in [6.07, 6.45) is 0.378. The number of nitrogens with two attached hydrogens (primary N) is 1. The molecule has 7 nitrogen and oxygen atoms in total. The van der Waals surface area contributed by atoms with Crippen LogP contribution in [0.3, 0.4) is 0 Å². The molecule has 5 rings (SSSR count). The molecule has 0 aliphatic carbocycles. The van der Waals surface area contributed by atoms with Crippen molar-refractivity contribution in [2.75, 3.05) is 24.1 Å². The molecule has 2 amide bonds. The van der Waals surface area contributed by atoms with E-state index in [-0.39, 0.29) is 41.9 Å². The number of anilines is 2. The fourth-order valence-electron chi connectivity index (χ4n) is 4.15. The van der Waals surface area contributed by atoms with E-state index in [1.165, 1.54) is 12.1 Å². The minimum absolute atomic E-state index is 0.117. The van der Waals surface area contributed by atoms with E-state index in [0.717, 1.165) is 17.0 Å². The third-order valence-corrected chi connectivity index (χ3v) is 5.95. The molecule has 1 aromatic heterocycles. The Morgan fingerprint density at radius 3 is 2.22 bits per heavy atom. The number of rotatable bonds is 6. The fraction of sp³-hybridized carbons (Fsp3) is 0.115. The first-order valence-corrected chi connectivity index (χ1v) is 11.0. The Bertz CT molecular complexity index is 1580. The van der Waals surface area contributed by atoms with E-state index in [2.05, 4.69) is 5.32 Å². The molecule has 0 saturated carbocycles. The Labute approximate surface area is 201 Å². The molecule has 0 fully saturated rings. The van der Waals surface area contributed by atoms with E-state index >= 15 is 0 Å². The van der Waals surface area contributed by atoms with Crippen LogP contribution in [0.15, 0.2) is 63.8 Å². The highest BCUT2D eigenvalue weighted by molar-refractivity contribution is 6.21. The second kappa shape index (κ2) is 8.88. The summed E-state index contributed by atoms with van der Waals surface area (Å²) in [5.74, 6) is -3.69. The first-order valence-electron chi connectivity index (χ1n) is 11.0. The molecular weight excluding hydrogens is 475 g/mol. The number of benzene rings is 3. The van der Waals surface area contributed by atoms with Gasteiger partial charge < -0.3 is 15.5 Å². The van der Waals surface area contributed by atoms with Crippen LogP contribution in [-0.4, -0.2) is 29.8 Å². The van der Waals surface area contributed by atoms with E-state index in [1.807, 2.05) is 0 Å². The summed E-state index contributed by atoms with van der Waals surface area (Å²) < 4.78 is 48.0. The van der Waals surface area contributed by atoms with E-state index in [4.69, 9.17) is 10.2 Å². The molecule has 3 aromatic carbocycles. The van der Waals surface area contributed by atoms with Gasteiger partial charge in [-0.25, -0.2) is 13.2 Å². The normalized spacial score (nSPS) is 12.9. The highest BCUT2D eigenvalue weighted by Gasteiger charge is 2.34. The second-order valence-electron chi connectivity index (χ2n) is 8.22. The average molecular weight is 493 g/mol. The van der Waals surface area contributed by atoms with Crippen molar-refractivity contribution in [1.29, 1.82) is 0 Å². The number of nitrogens with one attached hydrogen (secondary N) is 1. The van der Waals surface area contributed by atoms with Crippen molar-refractivity contribution in [2.45, 2.75) is 6.42 Å². The third kappa shape index (κ3) is 3.86. The third-order valence-electron chi connectivity index (χ3n) is 5.95. The van der Waals surface area contributed by atoms with E-state index in [1.54, 1.807) is 24.3 Å². The van der Waals surface area contributed by atoms with Crippen LogP contribution in [0, 0.1) is 17.5 Å². The summed E-state index contributed by atoms with van der Waals surface area (Å²) in [6, 6.07) is 12.1. The molecule has 0 saturated heterocycles. The zero-order chi connectivity index (χ0) is 25.6. The molecule has 36 heavy (non-hydrogen) atoms. The lowest BCUT2D eigenvalue weighted by molar-refractivity contribution is 0.0654. The summed E-state index contributed by atoms with van der Waals surface area (Å²) in [7, 11) is 0. The number of carbonyl (C=O) groups excluding carboxylic acids is 2. The zero-order valence-electron chi connectivity index (χ0n) is 18.6. The SMILES string of the molecule is Nc1c(F)cc(F)c2oc(-c3ccc(NCCCN4C(=O)c5ccccc5C4=O)c(F)c3)cc(=O)c12. The zero-order valence-corrected chi connectivity index (χ0v) is 18.6. The van der Waals surface area contributed by atoms with Gasteiger partial charge in [-0.15, -0.1) is 0 Å². The number of amides is 2. The van der Waals surface area contributed by atoms with Crippen LogP contribution in [0.5, 0.6) is 0 Å². The average Bonchev–Trinajstić information content (AvgIpc) is 3.10. The van der Waals surface area contributed by atoms with Crippen molar-refractivity contribution in [2.24, 2.45) is 0 Å². The maximum absolute atomic E-state index is 14.7. The monoisotopic (exact) mass is 493 g/mol. The Morgan fingerprint density at radius 2 is 1.56 bits per heavy atom. The van der Waals surface area contributed by atoms with Crippen LogP contribution in [0.25, 0.3) is 22.3 Å². The number of fused-ring (bicyclic) bond motifs is 2. The quantitative estimate of drug-likeness (QED) is 0.232. The Kier molecular flexibility index (Phi) is 5.71. The van der Waals surface area contributed by atoms with Crippen LogP contribution in [0.2, 0.25) is 0 Å². The molecule has 1 aliphatic rings. The maximum Gasteiger partial charge on any atom is 0.261 e. The van der Waals surface area contributed by atoms with Crippen molar-refractivity contribution in [1.82, 2.24) is 4.90 Å². The van der Waals surface area contributed by atoms with Crippen molar-refractivity contribution in [3.63, 3.8) is 0 Å². The number of carbonyl (C=O) groups is 2. The van der Waals surface area contributed by atoms with Gasteiger partial charge in [-0.05, 0) is 36.8 Å². The molecule has 4 aromatic rings. The van der Waals surface area contributed by atoms with Gasteiger partial charge in [0.05, 0.1) is 27.9 Å². The Morgan fingerprint density at radius 1 is 0.861 bits per heavy atom. The van der Waals surface area contributed by atoms with Crippen molar-refractivity contribution in [3.05, 3.63) is 93.4 Å². The van der Waals surface area contributed by atoms with Crippen LogP contribution in [0.1, 0.15) is 27.1 Å². The molecule has 0 spiro atoms. The van der Waals surface area contributed by atoms with Gasteiger partial charge in [-0.3, -0.25) is 19.3 Å². The highest BCUT2D eigenvalue weighted by atomic mass is 19.1. The topological polar surface area (TPSA) is 106 Å². The van der Waals surface area contributed by atoms with Gasteiger partial charge >= 0.3 is 0 Å². The Hall–Kier alpha value is -4.60. The first kappa shape index (κ1) is 23.2. The van der Waals surface area contributed by atoms with E-state index in [9.17, 15) is 27.6 Å². The predicted octanol–water partition coefficient (Wildman–Crippen LogP) is 4.56. The van der Waals surface area contributed by atoms with E-state index < -0.39 is 39.5 Å². The standard InChI is InChI=1S/C26H18F3N3O4/c27-16-10-13(21-12-20(33)22-23(30)17(28)11-18(29)24(22)36-21)6-7-19(16)31-8-3-9-32-25(34)14-4-1-2-5-15(14)26(32)35/h1-2,4-7,10-12,31H,3,8-9,30H2. The van der Waals surface area contributed by atoms with Crippen LogP contribution >= 0.6 is 0 Å². The van der Waals surface area contributed by atoms with Crippen molar-refractivity contribution in [3.8, 4) is 11.3 Å². The van der Waals surface area contributed by atoms with Gasteiger partial charge in [-0.1, -0.05) is 12.1 Å². The smallest absolute Gasteiger partial charge is 0.261 e. The number of hydrogen-bond acceptors (Lipinski definition) is 6. The molecule has 0 radical (unpaired) electrons. The van der Waals surface area contributed by atoms with Gasteiger partial charge in [0.25, 0.3) is 11.8 Å². The van der Waals surface area contributed by atoms with Gasteiger partial charge in [-0.2, -0.15) is 0 Å². The number of nitrogens with zero attached hydrogens (tertiary/aromatic N) is 1. The van der Waals surface area contributed by atoms with E-state index in [0.29, 0.717) is 23.6 Å². The minimum Gasteiger partial charge on any atom is -0.453 e. The number of nitrogen functional groups attached to an aromatic ring is 1. The lowest BCUT2D eigenvalue weighted by Crippen LogP contribution is -2.31. The summed E-state index contributed by atoms with van der Waals surface area (Å²) in [5, 5.41) is 2.47. The second-order valence-corrected chi connectivity index (χ2v) is 8.22. The molecule has 3 N–H and O–H groups in total. The number of halogens is 3. The predicted molar refractivity (Wildman–Crippen MR) is 127 cm³/mol. The van der Waals surface area contributed by atoms with Crippen molar-refractivity contribution < 1.29 is 27.2 Å². The largest absolute Gasteiger partial charge is 0.453 e. The minimum atomic E-state index is -1.10. The number of hydrogen-bond donors (Lipinski definition) is 2. The maximum atomic E-state index is 14.7. The molecule has 0 unspecified atom stereocenters. The summed E-state index contributed by atoms with van der Waals surface area (Å²) in [6.45, 7) is 0.432. The molecule has 10 heteroatoms. The fourth-order valence-corrected chi connectivity index (χ4v) is 4.15. The lowest BCUT2D eigenvalue weighted by Gasteiger charge is -2.14. The summed E-state index contributed by atoms with van der Waals surface area (Å²) in [5.41, 5.74) is 4.76. The summed E-state index contributed by atoms with van der Waals surface area (Å²) >= 11 is 0. The van der Waals surface area contributed by atoms with Gasteiger partial charge in [0.1, 0.15) is 17.4 Å². The number of imide groups is 1. The molecule has 2 heterocycles. The van der Waals surface area contributed by atoms with Crippen LogP contribution in [0.4, 0.5) is 24.5 Å². The Balaban J connectivity index is 1.28. The lowest BCUT2D eigenvalue weighted by atomic mass is 10.1. The molecular formula is C26H18F3N3O4. The highest BCUT2D eigenvalue weighted by Crippen LogP contribution is 2.30. The van der Waals surface area contributed by atoms with Crippen LogP contribution in [-0.2, 0) is 0 Å².